The molecule has 0 saturated carbocycles. The first-order chi connectivity index (χ1) is 14.8. The second-order valence-corrected chi connectivity index (χ2v) is 7.36. The highest BCUT2D eigenvalue weighted by Gasteiger charge is 2.13. The normalized spacial score (nSPS) is 11.0. The maximum absolute atomic E-state index is 4.95. The summed E-state index contributed by atoms with van der Waals surface area (Å²) in [6.07, 6.45) is 0.800. The van der Waals surface area contributed by atoms with Crippen LogP contribution in [0.1, 0.15) is 12.7 Å². The van der Waals surface area contributed by atoms with Crippen LogP contribution in [0.15, 0.2) is 103 Å². The first-order valence-corrected chi connectivity index (χ1v) is 10.3. The summed E-state index contributed by atoms with van der Waals surface area (Å²) in [7, 11) is 0. The molecule has 2 heteroatoms. The first-order valence-electron chi connectivity index (χ1n) is 10.3. The number of rotatable bonds is 4. The molecule has 0 N–H and O–H groups in total. The Hall–Kier alpha value is -3.78. The van der Waals surface area contributed by atoms with Crippen LogP contribution in [0.5, 0.6) is 0 Å². The Morgan fingerprint density at radius 3 is 1.93 bits per heavy atom. The van der Waals surface area contributed by atoms with E-state index in [2.05, 4.69) is 97.9 Å². The summed E-state index contributed by atoms with van der Waals surface area (Å²) in [5.74, 6) is 0.869. The quantitative estimate of drug-likeness (QED) is 0.326. The smallest absolute Gasteiger partial charge is 0.129 e. The van der Waals surface area contributed by atoms with Crippen molar-refractivity contribution in [1.82, 2.24) is 9.97 Å². The van der Waals surface area contributed by atoms with Gasteiger partial charge in [0.15, 0.2) is 0 Å². The molecular formula is C28H22N2. The number of nitrogens with zero attached hydrogens (tertiary/aromatic N) is 2. The number of aromatic nitrogens is 2. The summed E-state index contributed by atoms with van der Waals surface area (Å²) in [4.78, 5) is 9.83. The molecule has 0 radical (unpaired) electrons. The number of benzene rings is 4. The van der Waals surface area contributed by atoms with E-state index in [1.807, 2.05) is 12.1 Å². The van der Waals surface area contributed by atoms with Crippen LogP contribution < -0.4 is 0 Å². The third-order valence-corrected chi connectivity index (χ3v) is 5.42. The van der Waals surface area contributed by atoms with Crippen molar-refractivity contribution in [3.63, 3.8) is 0 Å². The molecule has 4 aromatic carbocycles. The van der Waals surface area contributed by atoms with Gasteiger partial charge >= 0.3 is 0 Å². The monoisotopic (exact) mass is 386 g/mol. The summed E-state index contributed by atoms with van der Waals surface area (Å²) < 4.78 is 0. The topological polar surface area (TPSA) is 25.8 Å². The van der Waals surface area contributed by atoms with E-state index in [1.165, 1.54) is 16.7 Å². The van der Waals surface area contributed by atoms with E-state index in [0.29, 0.717) is 0 Å². The third-order valence-electron chi connectivity index (χ3n) is 5.42. The molecule has 1 heterocycles. The summed E-state index contributed by atoms with van der Waals surface area (Å²) in [5, 5.41) is 1.08. The van der Waals surface area contributed by atoms with Gasteiger partial charge in [-0.05, 0) is 22.8 Å². The van der Waals surface area contributed by atoms with Crippen LogP contribution in [0.3, 0.4) is 0 Å². The fourth-order valence-corrected chi connectivity index (χ4v) is 3.90. The van der Waals surface area contributed by atoms with E-state index in [1.54, 1.807) is 0 Å². The van der Waals surface area contributed by atoms with E-state index in [0.717, 1.165) is 40.0 Å². The van der Waals surface area contributed by atoms with Crippen LogP contribution in [0.4, 0.5) is 0 Å². The molecule has 0 aliphatic carbocycles. The Bertz CT molecular complexity index is 1310. The maximum atomic E-state index is 4.95. The van der Waals surface area contributed by atoms with Crippen molar-refractivity contribution < 1.29 is 0 Å². The Kier molecular flexibility index (Phi) is 4.82. The maximum Gasteiger partial charge on any atom is 0.129 e. The Morgan fingerprint density at radius 1 is 0.567 bits per heavy atom. The van der Waals surface area contributed by atoms with Gasteiger partial charge in [-0.2, -0.15) is 0 Å². The van der Waals surface area contributed by atoms with Gasteiger partial charge in [0.25, 0.3) is 0 Å². The minimum atomic E-state index is 0.800. The number of hydrogen-bond acceptors (Lipinski definition) is 2. The predicted octanol–water partition coefficient (Wildman–Crippen LogP) is 7.19. The van der Waals surface area contributed by atoms with E-state index >= 15 is 0 Å². The van der Waals surface area contributed by atoms with Gasteiger partial charge in [-0.15, -0.1) is 0 Å². The SMILES string of the molecule is CCc1nc(-c2ccccc2)c2cccc(-c3cccc(-c4ccccc4)c3)c2n1. The Balaban J connectivity index is 1.73. The molecule has 0 unspecified atom stereocenters. The van der Waals surface area contributed by atoms with Crippen LogP contribution in [0.25, 0.3) is 44.4 Å². The average molecular weight is 386 g/mol. The Labute approximate surface area is 176 Å². The van der Waals surface area contributed by atoms with Crippen molar-refractivity contribution in [2.24, 2.45) is 0 Å². The molecule has 2 nitrogen and oxygen atoms in total. The van der Waals surface area contributed by atoms with Crippen molar-refractivity contribution in [2.75, 3.05) is 0 Å². The molecule has 0 amide bonds. The van der Waals surface area contributed by atoms with Crippen LogP contribution in [-0.4, -0.2) is 9.97 Å². The molecule has 5 rings (SSSR count). The number of hydrogen-bond donors (Lipinski definition) is 0. The molecule has 0 aliphatic rings. The fourth-order valence-electron chi connectivity index (χ4n) is 3.90. The lowest BCUT2D eigenvalue weighted by atomic mass is 9.96. The van der Waals surface area contributed by atoms with Crippen LogP contribution in [0, 0.1) is 0 Å². The van der Waals surface area contributed by atoms with Crippen molar-refractivity contribution in [3.8, 4) is 33.5 Å². The van der Waals surface area contributed by atoms with E-state index in [9.17, 15) is 0 Å². The van der Waals surface area contributed by atoms with Gasteiger partial charge in [-0.1, -0.05) is 104 Å². The summed E-state index contributed by atoms with van der Waals surface area (Å²) >= 11 is 0. The van der Waals surface area contributed by atoms with Crippen LogP contribution >= 0.6 is 0 Å². The second-order valence-electron chi connectivity index (χ2n) is 7.36. The largest absolute Gasteiger partial charge is 0.232 e. The number of aryl methyl sites for hydroxylation is 1. The lowest BCUT2D eigenvalue weighted by Gasteiger charge is -2.13. The zero-order valence-corrected chi connectivity index (χ0v) is 16.9. The Morgan fingerprint density at radius 2 is 1.20 bits per heavy atom. The highest BCUT2D eigenvalue weighted by Crippen LogP contribution is 2.34. The summed E-state index contributed by atoms with van der Waals surface area (Å²) in [6, 6.07) is 36.0. The number of para-hydroxylation sites is 1. The molecule has 30 heavy (non-hydrogen) atoms. The van der Waals surface area contributed by atoms with Crippen molar-refractivity contribution in [3.05, 3.63) is 109 Å². The predicted molar refractivity (Wildman–Crippen MR) is 125 cm³/mol. The zero-order chi connectivity index (χ0) is 20.3. The third kappa shape index (κ3) is 3.37. The molecule has 0 atom stereocenters. The average Bonchev–Trinajstić information content (AvgIpc) is 2.84. The van der Waals surface area contributed by atoms with Gasteiger partial charge in [0.1, 0.15) is 5.82 Å². The highest BCUT2D eigenvalue weighted by molar-refractivity contribution is 6.01. The zero-order valence-electron chi connectivity index (χ0n) is 16.9. The molecule has 0 aliphatic heterocycles. The standard InChI is InChI=1S/C28H22N2/c1-2-26-29-27(21-13-7-4-8-14-21)25-18-10-17-24(28(25)30-26)23-16-9-15-22(19-23)20-11-5-3-6-12-20/h3-19H,2H2,1H3. The summed E-state index contributed by atoms with van der Waals surface area (Å²) in [5.41, 5.74) is 7.86. The molecule has 1 aromatic heterocycles. The fraction of sp³-hybridized carbons (Fsp3) is 0.0714. The molecule has 0 spiro atoms. The van der Waals surface area contributed by atoms with Crippen molar-refractivity contribution >= 4 is 10.9 Å². The van der Waals surface area contributed by atoms with Crippen molar-refractivity contribution in [1.29, 1.82) is 0 Å². The summed E-state index contributed by atoms with van der Waals surface area (Å²) in [6.45, 7) is 2.11. The molecular weight excluding hydrogens is 364 g/mol. The molecule has 0 fully saturated rings. The van der Waals surface area contributed by atoms with Crippen LogP contribution in [-0.2, 0) is 6.42 Å². The van der Waals surface area contributed by atoms with Gasteiger partial charge in [0.05, 0.1) is 11.2 Å². The van der Waals surface area contributed by atoms with Gasteiger partial charge in [0, 0.05) is 22.9 Å². The van der Waals surface area contributed by atoms with Crippen LogP contribution in [0.2, 0.25) is 0 Å². The first kappa shape index (κ1) is 18.3. The second kappa shape index (κ2) is 7.92. The van der Waals surface area contributed by atoms with Gasteiger partial charge in [-0.3, -0.25) is 0 Å². The van der Waals surface area contributed by atoms with E-state index in [4.69, 9.17) is 9.97 Å². The lowest BCUT2D eigenvalue weighted by molar-refractivity contribution is 0.964. The minimum absolute atomic E-state index is 0.800. The molecule has 0 saturated heterocycles. The highest BCUT2D eigenvalue weighted by atomic mass is 14.9. The van der Waals surface area contributed by atoms with Gasteiger partial charge in [0.2, 0.25) is 0 Å². The van der Waals surface area contributed by atoms with Gasteiger partial charge in [-0.25, -0.2) is 9.97 Å². The molecule has 5 aromatic rings. The van der Waals surface area contributed by atoms with Gasteiger partial charge < -0.3 is 0 Å². The lowest BCUT2D eigenvalue weighted by Crippen LogP contribution is -1.98. The van der Waals surface area contributed by atoms with E-state index < -0.39 is 0 Å². The molecule has 0 bridgehead atoms. The number of fused-ring (bicyclic) bond motifs is 1. The van der Waals surface area contributed by atoms with E-state index in [-0.39, 0.29) is 0 Å². The molecule has 144 valence electrons. The minimum Gasteiger partial charge on any atom is -0.232 e. The van der Waals surface area contributed by atoms with Crippen molar-refractivity contribution in [2.45, 2.75) is 13.3 Å².